The van der Waals surface area contributed by atoms with Gasteiger partial charge in [0.1, 0.15) is 0 Å². The van der Waals surface area contributed by atoms with E-state index in [-0.39, 0.29) is 0 Å². The standard InChI is InChI=1S/C14H18/c1-4-6-13(7-5-2)14-10-8-12(3)9-11-14/h4,6-11H,5H2,1-3H3/b6-4-,13-7+. The number of hydrogen-bond acceptors (Lipinski definition) is 0. The molecule has 0 fully saturated rings. The van der Waals surface area contributed by atoms with Crippen LogP contribution in [0.1, 0.15) is 31.4 Å². The van der Waals surface area contributed by atoms with Gasteiger partial charge in [-0.3, -0.25) is 0 Å². The molecule has 1 rings (SSSR count). The van der Waals surface area contributed by atoms with Crippen molar-refractivity contribution in [2.45, 2.75) is 27.2 Å². The molecule has 0 radical (unpaired) electrons. The Balaban J connectivity index is 3.00. The van der Waals surface area contributed by atoms with E-state index < -0.39 is 0 Å². The van der Waals surface area contributed by atoms with E-state index in [0.29, 0.717) is 0 Å². The van der Waals surface area contributed by atoms with Gasteiger partial charge in [0.05, 0.1) is 0 Å². The maximum atomic E-state index is 2.25. The molecule has 0 aliphatic carbocycles. The largest absolute Gasteiger partial charge is 0.0871 e. The summed E-state index contributed by atoms with van der Waals surface area (Å²) in [6.45, 7) is 6.33. The fourth-order valence-corrected chi connectivity index (χ4v) is 1.43. The molecule has 0 saturated heterocycles. The van der Waals surface area contributed by atoms with Crippen LogP contribution in [0.3, 0.4) is 0 Å². The van der Waals surface area contributed by atoms with Gasteiger partial charge in [0, 0.05) is 0 Å². The molecule has 0 unspecified atom stereocenters. The normalized spacial score (nSPS) is 12.4. The Morgan fingerprint density at radius 2 is 1.86 bits per heavy atom. The average Bonchev–Trinajstić information content (AvgIpc) is 2.19. The minimum Gasteiger partial charge on any atom is -0.0871 e. The highest BCUT2D eigenvalue weighted by Crippen LogP contribution is 2.17. The number of allylic oxidation sites excluding steroid dienone is 4. The van der Waals surface area contributed by atoms with E-state index in [0.717, 1.165) is 6.42 Å². The Kier molecular flexibility index (Phi) is 4.18. The van der Waals surface area contributed by atoms with Crippen LogP contribution < -0.4 is 0 Å². The van der Waals surface area contributed by atoms with Crippen LogP contribution in [-0.2, 0) is 0 Å². The van der Waals surface area contributed by atoms with Gasteiger partial charge in [-0.25, -0.2) is 0 Å². The lowest BCUT2D eigenvalue weighted by Gasteiger charge is -2.02. The maximum absolute atomic E-state index is 2.25. The number of benzene rings is 1. The quantitative estimate of drug-likeness (QED) is 0.615. The van der Waals surface area contributed by atoms with Gasteiger partial charge in [-0.2, -0.15) is 0 Å². The molecule has 1 aromatic carbocycles. The molecule has 0 spiro atoms. The molecule has 74 valence electrons. The summed E-state index contributed by atoms with van der Waals surface area (Å²) < 4.78 is 0. The van der Waals surface area contributed by atoms with Gasteiger partial charge in [0.2, 0.25) is 0 Å². The highest BCUT2D eigenvalue weighted by Gasteiger charge is 1.95. The molecule has 0 atom stereocenters. The average molecular weight is 186 g/mol. The monoisotopic (exact) mass is 186 g/mol. The summed E-state index contributed by atoms with van der Waals surface area (Å²) in [6, 6.07) is 8.66. The van der Waals surface area contributed by atoms with Crippen LogP contribution in [0.5, 0.6) is 0 Å². The van der Waals surface area contributed by atoms with Crippen molar-refractivity contribution in [2.24, 2.45) is 0 Å². The van der Waals surface area contributed by atoms with Gasteiger partial charge in [-0.15, -0.1) is 0 Å². The summed E-state index contributed by atoms with van der Waals surface area (Å²) in [5.74, 6) is 0. The van der Waals surface area contributed by atoms with Crippen molar-refractivity contribution >= 4 is 5.57 Å². The van der Waals surface area contributed by atoms with E-state index in [1.807, 2.05) is 0 Å². The van der Waals surface area contributed by atoms with Gasteiger partial charge < -0.3 is 0 Å². The van der Waals surface area contributed by atoms with Crippen molar-refractivity contribution < 1.29 is 0 Å². The first-order valence-corrected chi connectivity index (χ1v) is 5.17. The number of aryl methyl sites for hydroxylation is 1. The molecule has 0 aromatic heterocycles. The summed E-state index contributed by atoms with van der Waals surface area (Å²) in [5.41, 5.74) is 3.93. The SMILES string of the molecule is C/C=C\C(=C/CC)c1ccc(C)cc1. The lowest BCUT2D eigenvalue weighted by atomic mass is 10.0. The van der Waals surface area contributed by atoms with E-state index in [2.05, 4.69) is 63.3 Å². The van der Waals surface area contributed by atoms with Crippen LogP contribution in [0.15, 0.2) is 42.5 Å². The zero-order valence-corrected chi connectivity index (χ0v) is 9.25. The molecule has 0 aliphatic rings. The molecule has 1 aromatic rings. The topological polar surface area (TPSA) is 0 Å². The van der Waals surface area contributed by atoms with E-state index in [1.54, 1.807) is 0 Å². The molecule has 0 saturated carbocycles. The van der Waals surface area contributed by atoms with Gasteiger partial charge >= 0.3 is 0 Å². The summed E-state index contributed by atoms with van der Waals surface area (Å²) in [5, 5.41) is 0. The predicted molar refractivity (Wildman–Crippen MR) is 64.3 cm³/mol. The van der Waals surface area contributed by atoms with Crippen LogP contribution in [-0.4, -0.2) is 0 Å². The molecule has 0 heteroatoms. The highest BCUT2D eigenvalue weighted by molar-refractivity contribution is 5.73. The van der Waals surface area contributed by atoms with Crippen molar-refractivity contribution in [2.75, 3.05) is 0 Å². The van der Waals surface area contributed by atoms with E-state index in [9.17, 15) is 0 Å². The molecule has 0 N–H and O–H groups in total. The predicted octanol–water partition coefficient (Wildman–Crippen LogP) is 4.36. The Morgan fingerprint density at radius 3 is 2.36 bits per heavy atom. The Morgan fingerprint density at radius 1 is 1.21 bits per heavy atom. The number of hydrogen-bond donors (Lipinski definition) is 0. The van der Waals surface area contributed by atoms with Gasteiger partial charge in [0.15, 0.2) is 0 Å². The van der Waals surface area contributed by atoms with Gasteiger partial charge in [-0.05, 0) is 31.4 Å². The van der Waals surface area contributed by atoms with Crippen molar-refractivity contribution in [1.82, 2.24) is 0 Å². The fraction of sp³-hybridized carbons (Fsp3) is 0.286. The van der Waals surface area contributed by atoms with Crippen molar-refractivity contribution in [3.05, 3.63) is 53.6 Å². The van der Waals surface area contributed by atoms with Crippen molar-refractivity contribution in [3.8, 4) is 0 Å². The summed E-state index contributed by atoms with van der Waals surface area (Å²) in [4.78, 5) is 0. The Bertz CT molecular complexity index is 326. The van der Waals surface area contributed by atoms with Crippen LogP contribution in [0.25, 0.3) is 5.57 Å². The lowest BCUT2D eigenvalue weighted by Crippen LogP contribution is -1.81. The summed E-state index contributed by atoms with van der Waals surface area (Å²) in [6.07, 6.45) is 7.58. The highest BCUT2D eigenvalue weighted by atomic mass is 14.0. The number of rotatable bonds is 3. The minimum atomic E-state index is 1.08. The molecule has 0 amide bonds. The first-order chi connectivity index (χ1) is 6.77. The Labute approximate surface area is 87.0 Å². The van der Waals surface area contributed by atoms with Crippen LogP contribution in [0.2, 0.25) is 0 Å². The van der Waals surface area contributed by atoms with Crippen LogP contribution >= 0.6 is 0 Å². The third-order valence-electron chi connectivity index (χ3n) is 2.16. The van der Waals surface area contributed by atoms with Crippen molar-refractivity contribution in [3.63, 3.8) is 0 Å². The third-order valence-corrected chi connectivity index (χ3v) is 2.16. The van der Waals surface area contributed by atoms with Crippen LogP contribution in [0.4, 0.5) is 0 Å². The first-order valence-electron chi connectivity index (χ1n) is 5.17. The molecule has 0 aliphatic heterocycles. The van der Waals surface area contributed by atoms with E-state index >= 15 is 0 Å². The first kappa shape index (κ1) is 10.8. The molecule has 14 heavy (non-hydrogen) atoms. The fourth-order valence-electron chi connectivity index (χ4n) is 1.43. The summed E-state index contributed by atoms with van der Waals surface area (Å²) >= 11 is 0. The molecular weight excluding hydrogens is 168 g/mol. The second kappa shape index (κ2) is 5.43. The third kappa shape index (κ3) is 2.88. The maximum Gasteiger partial charge on any atom is -0.0187 e. The van der Waals surface area contributed by atoms with Gasteiger partial charge in [0.25, 0.3) is 0 Å². The molecule has 0 bridgehead atoms. The second-order valence-corrected chi connectivity index (χ2v) is 3.43. The van der Waals surface area contributed by atoms with Crippen LogP contribution in [0, 0.1) is 6.92 Å². The Hall–Kier alpha value is -1.30. The zero-order chi connectivity index (χ0) is 10.4. The molecule has 0 heterocycles. The molecular formula is C14H18. The lowest BCUT2D eigenvalue weighted by molar-refractivity contribution is 1.23. The van der Waals surface area contributed by atoms with E-state index in [4.69, 9.17) is 0 Å². The zero-order valence-electron chi connectivity index (χ0n) is 9.25. The van der Waals surface area contributed by atoms with E-state index in [1.165, 1.54) is 16.7 Å². The second-order valence-electron chi connectivity index (χ2n) is 3.43. The minimum absolute atomic E-state index is 1.08. The summed E-state index contributed by atoms with van der Waals surface area (Å²) in [7, 11) is 0. The molecule has 0 nitrogen and oxygen atoms in total. The van der Waals surface area contributed by atoms with Gasteiger partial charge in [-0.1, -0.05) is 55.0 Å². The van der Waals surface area contributed by atoms with Crippen molar-refractivity contribution in [1.29, 1.82) is 0 Å². The smallest absolute Gasteiger partial charge is 0.0187 e.